The Bertz CT molecular complexity index is 691. The maximum Gasteiger partial charge on any atom is 0.118 e. The van der Waals surface area contributed by atoms with E-state index < -0.39 is 0 Å². The highest BCUT2D eigenvalue weighted by Crippen LogP contribution is 2.41. The quantitative estimate of drug-likeness (QED) is 0.527. The van der Waals surface area contributed by atoms with Crippen molar-refractivity contribution in [2.75, 3.05) is 7.11 Å². The van der Waals surface area contributed by atoms with Gasteiger partial charge in [0.05, 0.1) is 7.11 Å². The molecule has 2 aromatic rings. The molecule has 0 radical (unpaired) electrons. The fourth-order valence-corrected chi connectivity index (χ4v) is 3.70. The second-order valence-electron chi connectivity index (χ2n) is 7.66. The minimum absolute atomic E-state index is 0.498. The number of benzene rings is 2. The fraction of sp³-hybridized carbons (Fsp3) is 0.520. The van der Waals surface area contributed by atoms with Gasteiger partial charge in [-0.25, -0.2) is 0 Å². The Balaban J connectivity index is 0.00000163. The third kappa shape index (κ3) is 4.69. The smallest absolute Gasteiger partial charge is 0.118 e. The summed E-state index contributed by atoms with van der Waals surface area (Å²) in [5, 5.41) is 0. The Labute approximate surface area is 161 Å². The van der Waals surface area contributed by atoms with Gasteiger partial charge in [0, 0.05) is 0 Å². The first-order valence-electron chi connectivity index (χ1n) is 10.1. The number of ether oxygens (including phenoxy) is 1. The Hall–Kier alpha value is -1.76. The highest BCUT2D eigenvalue weighted by Gasteiger charge is 2.21. The highest BCUT2D eigenvalue weighted by molar-refractivity contribution is 5.75. The van der Waals surface area contributed by atoms with Gasteiger partial charge in [-0.15, -0.1) is 0 Å². The number of rotatable bonds is 5. The summed E-state index contributed by atoms with van der Waals surface area (Å²) in [5.41, 5.74) is 8.61. The van der Waals surface area contributed by atoms with Crippen molar-refractivity contribution in [3.8, 4) is 16.9 Å². The van der Waals surface area contributed by atoms with Crippen LogP contribution >= 0.6 is 0 Å². The molecule has 0 N–H and O–H groups in total. The summed E-state index contributed by atoms with van der Waals surface area (Å²) in [7, 11) is 1.72. The average Bonchev–Trinajstić information content (AvgIpc) is 2.62. The molecule has 0 saturated carbocycles. The predicted molar refractivity (Wildman–Crippen MR) is 117 cm³/mol. The molecule has 0 atom stereocenters. The minimum Gasteiger partial charge on any atom is -0.497 e. The van der Waals surface area contributed by atoms with Gasteiger partial charge in [0.1, 0.15) is 5.75 Å². The normalized spacial score (nSPS) is 11.0. The van der Waals surface area contributed by atoms with Crippen molar-refractivity contribution in [1.82, 2.24) is 0 Å². The van der Waals surface area contributed by atoms with Gasteiger partial charge in [0.15, 0.2) is 0 Å². The van der Waals surface area contributed by atoms with Crippen LogP contribution in [-0.2, 0) is 0 Å². The summed E-state index contributed by atoms with van der Waals surface area (Å²) in [6.45, 7) is 20.1. The molecule has 26 heavy (non-hydrogen) atoms. The molecule has 0 fully saturated rings. The second kappa shape index (κ2) is 9.80. The lowest BCUT2D eigenvalue weighted by Gasteiger charge is -2.26. The summed E-state index contributed by atoms with van der Waals surface area (Å²) < 4.78 is 5.33. The maximum absolute atomic E-state index is 5.33. The molecule has 0 aromatic heterocycles. The van der Waals surface area contributed by atoms with Crippen LogP contribution in [0, 0.1) is 6.92 Å². The molecule has 0 aliphatic carbocycles. The molecule has 0 saturated heterocycles. The van der Waals surface area contributed by atoms with Crippen LogP contribution < -0.4 is 4.74 Å². The molecule has 2 rings (SSSR count). The van der Waals surface area contributed by atoms with E-state index in [-0.39, 0.29) is 0 Å². The van der Waals surface area contributed by atoms with Gasteiger partial charge in [0.25, 0.3) is 0 Å². The largest absolute Gasteiger partial charge is 0.497 e. The Morgan fingerprint density at radius 1 is 0.731 bits per heavy atom. The first-order chi connectivity index (χ1) is 12.3. The summed E-state index contributed by atoms with van der Waals surface area (Å²) >= 11 is 0. The van der Waals surface area contributed by atoms with E-state index in [1.54, 1.807) is 7.11 Å². The molecular weight excluding hydrogens is 316 g/mol. The zero-order valence-electron chi connectivity index (χ0n) is 18.5. The maximum atomic E-state index is 5.33. The van der Waals surface area contributed by atoms with Gasteiger partial charge < -0.3 is 4.74 Å². The van der Waals surface area contributed by atoms with Crippen LogP contribution in [-0.4, -0.2) is 7.11 Å². The van der Waals surface area contributed by atoms with Crippen molar-refractivity contribution in [2.24, 2.45) is 0 Å². The SMILES string of the molecule is CC.COc1ccc(-c2c(C(C)C)cc(C(C)C)c(C)c2C(C)C)cc1. The van der Waals surface area contributed by atoms with Crippen molar-refractivity contribution >= 4 is 0 Å². The molecule has 0 bridgehead atoms. The molecule has 2 aromatic carbocycles. The van der Waals surface area contributed by atoms with Crippen LogP contribution in [0.2, 0.25) is 0 Å². The van der Waals surface area contributed by atoms with E-state index in [0.29, 0.717) is 17.8 Å². The molecular formula is C25H38O. The predicted octanol–water partition coefficient (Wildman–Crippen LogP) is 8.07. The lowest BCUT2D eigenvalue weighted by Crippen LogP contribution is -2.07. The van der Waals surface area contributed by atoms with Crippen molar-refractivity contribution in [3.05, 3.63) is 52.6 Å². The number of methoxy groups -OCH3 is 1. The topological polar surface area (TPSA) is 9.23 Å². The van der Waals surface area contributed by atoms with E-state index >= 15 is 0 Å². The molecule has 0 heterocycles. The molecule has 0 aliphatic heterocycles. The van der Waals surface area contributed by atoms with Crippen molar-refractivity contribution in [2.45, 2.75) is 80.1 Å². The van der Waals surface area contributed by atoms with Gasteiger partial charge >= 0.3 is 0 Å². The third-order valence-electron chi connectivity index (χ3n) is 4.91. The van der Waals surface area contributed by atoms with Crippen LogP contribution in [0.15, 0.2) is 30.3 Å². The average molecular weight is 355 g/mol. The molecule has 0 amide bonds. The van der Waals surface area contributed by atoms with Gasteiger partial charge in [-0.1, -0.05) is 73.6 Å². The lowest BCUT2D eigenvalue weighted by molar-refractivity contribution is 0.415. The van der Waals surface area contributed by atoms with Crippen LogP contribution in [0.3, 0.4) is 0 Å². The Morgan fingerprint density at radius 3 is 1.62 bits per heavy atom. The summed E-state index contributed by atoms with van der Waals surface area (Å²) in [4.78, 5) is 0. The van der Waals surface area contributed by atoms with Gasteiger partial charge in [0.2, 0.25) is 0 Å². The highest BCUT2D eigenvalue weighted by atomic mass is 16.5. The lowest BCUT2D eigenvalue weighted by atomic mass is 9.78. The van der Waals surface area contributed by atoms with E-state index in [2.05, 4.69) is 78.8 Å². The van der Waals surface area contributed by atoms with E-state index in [1.165, 1.54) is 33.4 Å². The van der Waals surface area contributed by atoms with Gasteiger partial charge in [-0.3, -0.25) is 0 Å². The van der Waals surface area contributed by atoms with Crippen LogP contribution in [0.4, 0.5) is 0 Å². The number of hydrogen-bond acceptors (Lipinski definition) is 1. The standard InChI is InChI=1S/C23H32O.C2H6/c1-14(2)20-13-21(15(3)4)23(22(16(5)6)17(20)7)18-9-11-19(24-8)12-10-18;1-2/h9-16H,1-8H3;1-2H3. The number of hydrogen-bond donors (Lipinski definition) is 0. The zero-order chi connectivity index (χ0) is 20.0. The molecule has 1 nitrogen and oxygen atoms in total. The third-order valence-corrected chi connectivity index (χ3v) is 4.91. The fourth-order valence-electron chi connectivity index (χ4n) is 3.70. The molecule has 0 aliphatic rings. The Kier molecular flexibility index (Phi) is 8.40. The van der Waals surface area contributed by atoms with Gasteiger partial charge in [-0.05, 0) is 70.2 Å². The zero-order valence-corrected chi connectivity index (χ0v) is 18.5. The van der Waals surface area contributed by atoms with E-state index in [9.17, 15) is 0 Å². The molecule has 0 spiro atoms. The first kappa shape index (κ1) is 22.3. The van der Waals surface area contributed by atoms with Crippen LogP contribution in [0.1, 0.15) is 95.4 Å². The van der Waals surface area contributed by atoms with Crippen LogP contribution in [0.5, 0.6) is 5.75 Å². The molecule has 1 heteroatoms. The summed E-state index contributed by atoms with van der Waals surface area (Å²) in [6.07, 6.45) is 0. The van der Waals surface area contributed by atoms with Crippen molar-refractivity contribution in [1.29, 1.82) is 0 Å². The first-order valence-corrected chi connectivity index (χ1v) is 10.1. The van der Waals surface area contributed by atoms with E-state index in [1.807, 2.05) is 13.8 Å². The van der Waals surface area contributed by atoms with E-state index in [0.717, 1.165) is 5.75 Å². The Morgan fingerprint density at radius 2 is 1.23 bits per heavy atom. The van der Waals surface area contributed by atoms with Crippen molar-refractivity contribution in [3.63, 3.8) is 0 Å². The van der Waals surface area contributed by atoms with E-state index in [4.69, 9.17) is 4.74 Å². The monoisotopic (exact) mass is 354 g/mol. The molecule has 144 valence electrons. The van der Waals surface area contributed by atoms with Crippen molar-refractivity contribution < 1.29 is 4.74 Å². The van der Waals surface area contributed by atoms with Crippen LogP contribution in [0.25, 0.3) is 11.1 Å². The molecule has 0 unspecified atom stereocenters. The summed E-state index contributed by atoms with van der Waals surface area (Å²) in [5.74, 6) is 2.45. The minimum atomic E-state index is 0.498. The second-order valence-corrected chi connectivity index (χ2v) is 7.66. The van der Waals surface area contributed by atoms with Gasteiger partial charge in [-0.2, -0.15) is 0 Å². The summed E-state index contributed by atoms with van der Waals surface area (Å²) in [6, 6.07) is 11.0.